The molecule has 0 rings (SSSR count). The van der Waals surface area contributed by atoms with Crippen molar-refractivity contribution in [2.24, 2.45) is 0 Å². The van der Waals surface area contributed by atoms with Crippen LogP contribution in [0.5, 0.6) is 0 Å². The van der Waals surface area contributed by atoms with E-state index in [-0.39, 0.29) is 0 Å². The van der Waals surface area contributed by atoms with Crippen LogP contribution in [0.2, 0.25) is 9.62 Å². The van der Waals surface area contributed by atoms with Crippen molar-refractivity contribution in [3.05, 3.63) is 0 Å². The molecular formula is C12H28ClP2W. The van der Waals surface area contributed by atoms with Crippen LogP contribution >= 0.6 is 25.3 Å². The predicted molar refractivity (Wildman–Crippen MR) is 81.2 cm³/mol. The molecule has 0 saturated heterocycles. The number of hydrogen-bond acceptors (Lipinski definition) is 0. The first-order valence-electron chi connectivity index (χ1n) is 6.46. The molecule has 0 fully saturated rings. The van der Waals surface area contributed by atoms with Crippen LogP contribution in [0.3, 0.4) is 0 Å². The Bertz CT molecular complexity index is 134. The van der Waals surface area contributed by atoms with Crippen LogP contribution in [0.25, 0.3) is 0 Å². The molecule has 0 aromatic rings. The van der Waals surface area contributed by atoms with Crippen LogP contribution in [0, 0.1) is 0 Å². The van der Waals surface area contributed by atoms with Crippen molar-refractivity contribution < 1.29 is 16.3 Å². The summed E-state index contributed by atoms with van der Waals surface area (Å²) >= 11 is -1.39. The Kier molecular flexibility index (Phi) is 13.3. The second kappa shape index (κ2) is 11.9. The van der Waals surface area contributed by atoms with Crippen molar-refractivity contribution >= 4 is 25.3 Å². The fraction of sp³-hybridized carbons (Fsp3) is 1.00. The molecule has 0 aromatic carbocycles. The van der Waals surface area contributed by atoms with E-state index in [4.69, 9.17) is 9.42 Å². The maximum atomic E-state index is 6.61. The zero-order valence-electron chi connectivity index (χ0n) is 11.3. The van der Waals surface area contributed by atoms with Gasteiger partial charge in [0, 0.05) is 0 Å². The summed E-state index contributed by atoms with van der Waals surface area (Å²) in [7, 11) is 7.31. The maximum absolute atomic E-state index is 6.61. The van der Waals surface area contributed by atoms with Crippen molar-refractivity contribution in [1.82, 2.24) is 0 Å². The molecule has 0 amide bonds. The van der Waals surface area contributed by atoms with E-state index in [0.717, 1.165) is 0 Å². The first-order valence-corrected chi connectivity index (χ1v) is 18.0. The Morgan fingerprint density at radius 3 is 1.31 bits per heavy atom. The van der Waals surface area contributed by atoms with Crippen LogP contribution in [0.15, 0.2) is 0 Å². The zero-order valence-corrected chi connectivity index (χ0v) is 16.8. The molecule has 0 aliphatic rings. The monoisotopic (exact) mass is 453 g/mol. The summed E-state index contributed by atoms with van der Waals surface area (Å²) in [5, 5.41) is 0. The van der Waals surface area contributed by atoms with Gasteiger partial charge in [-0.25, -0.2) is 0 Å². The van der Waals surface area contributed by atoms with E-state index in [9.17, 15) is 0 Å². The summed E-state index contributed by atoms with van der Waals surface area (Å²) in [5.74, 6) is 0. The van der Waals surface area contributed by atoms with Crippen molar-refractivity contribution in [3.8, 4) is 0 Å². The Morgan fingerprint density at radius 1 is 0.750 bits per heavy atom. The van der Waals surface area contributed by atoms with Gasteiger partial charge in [0.1, 0.15) is 0 Å². The minimum atomic E-state index is -1.39. The van der Waals surface area contributed by atoms with Crippen molar-refractivity contribution in [2.75, 3.05) is 37.0 Å². The normalized spacial score (nSPS) is 12.0. The second-order valence-electron chi connectivity index (χ2n) is 3.88. The average molecular weight is 454 g/mol. The molecule has 0 aliphatic carbocycles. The van der Waals surface area contributed by atoms with Gasteiger partial charge in [0.2, 0.25) is 0 Å². The standard InChI is InChI=1S/2C6H14P.ClH.W/c2*1-4-7(5-2)6-3;;/h2*1,4-6H2,2-3H3;1H;/q;;;+1/p-1. The van der Waals surface area contributed by atoms with Gasteiger partial charge in [-0.05, 0) is 0 Å². The van der Waals surface area contributed by atoms with Crippen molar-refractivity contribution in [2.45, 2.75) is 37.3 Å². The zero-order chi connectivity index (χ0) is 12.4. The summed E-state index contributed by atoms with van der Waals surface area (Å²) < 4.78 is 0. The summed E-state index contributed by atoms with van der Waals surface area (Å²) in [4.78, 5) is 2.90. The molecule has 99 valence electrons. The fourth-order valence-electron chi connectivity index (χ4n) is 1.64. The summed E-state index contributed by atoms with van der Waals surface area (Å²) in [6, 6.07) is 0. The number of halogens is 1. The molecule has 0 bridgehead atoms. The molecule has 0 heterocycles. The van der Waals surface area contributed by atoms with Crippen molar-refractivity contribution in [1.29, 1.82) is 0 Å². The molecule has 0 aliphatic heterocycles. The van der Waals surface area contributed by atoms with Crippen LogP contribution in [-0.2, 0) is 16.3 Å². The molecule has 0 radical (unpaired) electrons. The average Bonchev–Trinajstić information content (AvgIpc) is 2.31. The SMILES string of the molecule is CCP(CC)C[CH2][W]([Cl])[CH2]CP(CC)CC. The Hall–Kier alpha value is 1.84. The van der Waals surface area contributed by atoms with E-state index in [1.807, 2.05) is 0 Å². The molecule has 0 aromatic heterocycles. The van der Waals surface area contributed by atoms with Gasteiger partial charge in [-0.3, -0.25) is 0 Å². The van der Waals surface area contributed by atoms with E-state index in [0.29, 0.717) is 15.8 Å². The Morgan fingerprint density at radius 2 is 1.06 bits per heavy atom. The summed E-state index contributed by atoms with van der Waals surface area (Å²) in [6.07, 6.45) is 8.61. The van der Waals surface area contributed by atoms with E-state index in [1.54, 1.807) is 0 Å². The molecule has 4 heteroatoms. The fourth-order valence-corrected chi connectivity index (χ4v) is 18.7. The third-order valence-electron chi connectivity index (χ3n) is 3.05. The second-order valence-corrected chi connectivity index (χ2v) is 19.5. The van der Waals surface area contributed by atoms with E-state index < -0.39 is 16.3 Å². The van der Waals surface area contributed by atoms with Gasteiger partial charge in [0.25, 0.3) is 0 Å². The summed E-state index contributed by atoms with van der Waals surface area (Å²) in [6.45, 7) is 9.39. The quantitative estimate of drug-likeness (QED) is 0.376. The van der Waals surface area contributed by atoms with Gasteiger partial charge < -0.3 is 0 Å². The Balaban J connectivity index is 3.61. The van der Waals surface area contributed by atoms with Crippen LogP contribution < -0.4 is 0 Å². The van der Waals surface area contributed by atoms with Gasteiger partial charge >= 0.3 is 116 Å². The third-order valence-corrected chi connectivity index (χ3v) is 17.9. The van der Waals surface area contributed by atoms with Crippen molar-refractivity contribution in [3.63, 3.8) is 0 Å². The topological polar surface area (TPSA) is 0 Å². The van der Waals surface area contributed by atoms with Gasteiger partial charge in [-0.1, -0.05) is 0 Å². The first-order chi connectivity index (χ1) is 7.67. The Labute approximate surface area is 115 Å². The van der Waals surface area contributed by atoms with Gasteiger partial charge in [0.05, 0.1) is 0 Å². The third kappa shape index (κ3) is 8.86. The molecular weight excluding hydrogens is 425 g/mol. The van der Waals surface area contributed by atoms with E-state index in [2.05, 4.69) is 27.7 Å². The molecule has 0 nitrogen and oxygen atoms in total. The molecule has 0 N–H and O–H groups in total. The van der Waals surface area contributed by atoms with Gasteiger partial charge in [-0.15, -0.1) is 0 Å². The van der Waals surface area contributed by atoms with Gasteiger partial charge in [-0.2, -0.15) is 0 Å². The van der Waals surface area contributed by atoms with E-state index >= 15 is 0 Å². The van der Waals surface area contributed by atoms with Crippen LogP contribution in [0.4, 0.5) is 0 Å². The first kappa shape index (κ1) is 17.8. The summed E-state index contributed by atoms with van der Waals surface area (Å²) in [5.41, 5.74) is 0. The van der Waals surface area contributed by atoms with Crippen LogP contribution in [-0.4, -0.2) is 37.0 Å². The molecule has 0 saturated carbocycles. The molecule has 16 heavy (non-hydrogen) atoms. The molecule has 0 unspecified atom stereocenters. The predicted octanol–water partition coefficient (Wildman–Crippen LogP) is 5.64. The van der Waals surface area contributed by atoms with E-state index in [1.165, 1.54) is 46.6 Å². The van der Waals surface area contributed by atoms with Crippen LogP contribution in [0.1, 0.15) is 27.7 Å². The number of hydrogen-bond donors (Lipinski definition) is 0. The number of rotatable bonds is 10. The molecule has 0 spiro atoms. The van der Waals surface area contributed by atoms with Gasteiger partial charge in [0.15, 0.2) is 0 Å². The molecule has 0 atom stereocenters. The minimum absolute atomic E-state index is 0.347.